The maximum absolute atomic E-state index is 13.3. The molecule has 0 unspecified atom stereocenters. The quantitative estimate of drug-likeness (QED) is 0.250. The summed E-state index contributed by atoms with van der Waals surface area (Å²) in [5.41, 5.74) is 4.14. The Balaban J connectivity index is 0.00000560. The second-order valence-corrected chi connectivity index (χ2v) is 11.6. The summed E-state index contributed by atoms with van der Waals surface area (Å²) in [5.74, 6) is -0.386. The first-order valence-corrected chi connectivity index (χ1v) is 15.7. The third-order valence-corrected chi connectivity index (χ3v) is 8.07. The molecule has 0 spiro atoms. The number of carboxylic acid groups (broad SMARTS) is 1. The summed E-state index contributed by atoms with van der Waals surface area (Å²) in [6, 6.07) is 12.5. The largest absolute Gasteiger partial charge is 1.00 e. The van der Waals surface area contributed by atoms with E-state index >= 15 is 0 Å². The number of ether oxygens (including phenoxy) is 2. The average Bonchev–Trinajstić information content (AvgIpc) is 2.94. The number of hydrogen-bond acceptors (Lipinski definition) is 6. The predicted molar refractivity (Wildman–Crippen MR) is 157 cm³/mol. The minimum Gasteiger partial charge on any atom is -0.548 e. The molecule has 1 N–H and O–H groups in total. The van der Waals surface area contributed by atoms with Gasteiger partial charge >= 0.3 is 18.9 Å². The number of amides is 1. The molecule has 1 aliphatic carbocycles. The molecular weight excluding hydrogens is 517 g/mol. The van der Waals surface area contributed by atoms with E-state index in [-0.39, 0.29) is 25.0 Å². The van der Waals surface area contributed by atoms with E-state index in [1.54, 1.807) is 6.07 Å². The molecular formula is C32H44LiNO5S. The Labute approximate surface area is 256 Å². The van der Waals surface area contributed by atoms with Crippen LogP contribution >= 0.6 is 11.8 Å². The molecule has 0 bridgehead atoms. The van der Waals surface area contributed by atoms with Crippen LogP contribution in [0, 0.1) is 12.8 Å². The molecule has 1 amide bonds. The predicted octanol–water partition coefficient (Wildman–Crippen LogP) is 2.55. The molecule has 2 atom stereocenters. The van der Waals surface area contributed by atoms with Gasteiger partial charge in [0, 0.05) is 12.2 Å². The molecule has 2 aromatic carbocycles. The number of nitrogens with one attached hydrogen (secondary N) is 1. The van der Waals surface area contributed by atoms with Crippen molar-refractivity contribution >= 4 is 23.6 Å². The number of hydrogen-bond donors (Lipinski definition) is 1. The van der Waals surface area contributed by atoms with E-state index in [0.29, 0.717) is 36.9 Å². The smallest absolute Gasteiger partial charge is 0.548 e. The molecule has 214 valence electrons. The van der Waals surface area contributed by atoms with Crippen LogP contribution in [-0.4, -0.2) is 49.2 Å². The summed E-state index contributed by atoms with van der Waals surface area (Å²) in [6.45, 7) is 5.86. The maximum atomic E-state index is 13.3. The number of thioether (sulfide) groups is 1. The first-order chi connectivity index (χ1) is 18.9. The zero-order valence-corrected chi connectivity index (χ0v) is 25.5. The maximum Gasteiger partial charge on any atom is 1.00 e. The number of carboxylic acids is 1. The Morgan fingerprint density at radius 1 is 1.10 bits per heavy atom. The minimum absolute atomic E-state index is 0. The number of aliphatic carboxylic acids is 1. The first kappa shape index (κ1) is 34.4. The van der Waals surface area contributed by atoms with Gasteiger partial charge in [-0.15, -0.1) is 0 Å². The number of benzene rings is 2. The Kier molecular flexibility index (Phi) is 16.0. The first-order valence-electron chi connectivity index (χ1n) is 14.3. The van der Waals surface area contributed by atoms with Crippen LogP contribution in [0.5, 0.6) is 0 Å². The molecule has 0 aromatic heterocycles. The van der Waals surface area contributed by atoms with Gasteiger partial charge in [0.25, 0.3) is 5.91 Å². The summed E-state index contributed by atoms with van der Waals surface area (Å²) < 4.78 is 12.3. The summed E-state index contributed by atoms with van der Waals surface area (Å²) >= 11 is 1.53. The summed E-state index contributed by atoms with van der Waals surface area (Å²) in [6.07, 6.45) is 10.7. The van der Waals surface area contributed by atoms with Gasteiger partial charge < -0.3 is 24.7 Å². The molecule has 0 saturated heterocycles. The number of aryl methyl sites for hydroxylation is 1. The molecule has 1 fully saturated rings. The fraction of sp³-hybridized carbons (Fsp3) is 0.562. The van der Waals surface area contributed by atoms with Crippen LogP contribution < -0.4 is 29.3 Å². The van der Waals surface area contributed by atoms with E-state index in [1.165, 1.54) is 43.9 Å². The van der Waals surface area contributed by atoms with Crippen molar-refractivity contribution in [3.63, 3.8) is 0 Å². The zero-order chi connectivity index (χ0) is 28.0. The molecule has 40 heavy (non-hydrogen) atoms. The molecule has 0 radical (unpaired) electrons. The van der Waals surface area contributed by atoms with E-state index < -0.39 is 17.9 Å². The Hall–Kier alpha value is -1.75. The third-order valence-electron chi connectivity index (χ3n) is 7.42. The van der Waals surface area contributed by atoms with Gasteiger partial charge in [-0.2, -0.15) is 11.8 Å². The van der Waals surface area contributed by atoms with Gasteiger partial charge in [0.05, 0.1) is 31.3 Å². The van der Waals surface area contributed by atoms with E-state index in [2.05, 4.69) is 12.2 Å². The van der Waals surface area contributed by atoms with Gasteiger partial charge in [0.1, 0.15) is 0 Å². The van der Waals surface area contributed by atoms with Crippen LogP contribution in [0.15, 0.2) is 42.5 Å². The van der Waals surface area contributed by atoms with Crippen molar-refractivity contribution in [1.29, 1.82) is 0 Å². The van der Waals surface area contributed by atoms with Crippen LogP contribution in [0.25, 0.3) is 11.1 Å². The minimum atomic E-state index is -1.27. The fourth-order valence-electron chi connectivity index (χ4n) is 5.25. The van der Waals surface area contributed by atoms with Crippen LogP contribution in [0.2, 0.25) is 0 Å². The number of carbonyl (C=O) groups is 2. The van der Waals surface area contributed by atoms with E-state index in [4.69, 9.17) is 9.47 Å². The van der Waals surface area contributed by atoms with E-state index in [1.807, 2.05) is 49.6 Å². The van der Waals surface area contributed by atoms with Crippen molar-refractivity contribution in [3.05, 3.63) is 59.2 Å². The fourth-order valence-corrected chi connectivity index (χ4v) is 5.72. The molecule has 1 saturated carbocycles. The molecule has 2 aromatic rings. The van der Waals surface area contributed by atoms with Crippen LogP contribution in [0.3, 0.4) is 0 Å². The van der Waals surface area contributed by atoms with Gasteiger partial charge in [-0.3, -0.25) is 4.79 Å². The molecule has 3 rings (SSSR count). The van der Waals surface area contributed by atoms with Gasteiger partial charge in [-0.05, 0) is 78.5 Å². The molecule has 1 aliphatic rings. The van der Waals surface area contributed by atoms with Crippen LogP contribution in [0.1, 0.15) is 79.8 Å². The van der Waals surface area contributed by atoms with Crippen molar-refractivity contribution < 1.29 is 43.0 Å². The van der Waals surface area contributed by atoms with Gasteiger partial charge in [-0.1, -0.05) is 69.4 Å². The van der Waals surface area contributed by atoms with Crippen molar-refractivity contribution in [1.82, 2.24) is 5.32 Å². The topological polar surface area (TPSA) is 87.7 Å². The Morgan fingerprint density at radius 3 is 2.52 bits per heavy atom. The second kappa shape index (κ2) is 18.6. The van der Waals surface area contributed by atoms with Crippen molar-refractivity contribution in [2.24, 2.45) is 5.92 Å². The summed E-state index contributed by atoms with van der Waals surface area (Å²) in [4.78, 5) is 25.0. The monoisotopic (exact) mass is 561 g/mol. The summed E-state index contributed by atoms with van der Waals surface area (Å²) in [5, 5.41) is 14.3. The molecule has 6 nitrogen and oxygen atoms in total. The second-order valence-electron chi connectivity index (χ2n) is 10.6. The van der Waals surface area contributed by atoms with Crippen LogP contribution in [-0.2, 0) is 20.9 Å². The zero-order valence-electron chi connectivity index (χ0n) is 24.7. The van der Waals surface area contributed by atoms with Crippen LogP contribution in [0.4, 0.5) is 0 Å². The Morgan fingerprint density at radius 2 is 1.85 bits per heavy atom. The van der Waals surface area contributed by atoms with Crippen molar-refractivity contribution in [2.45, 2.75) is 84.0 Å². The SMILES string of the molecule is CCCOC[C@H](CC1CCCCC1)OCc1ccc(C(=O)N[C@@H](CCSC)C(=O)[O-])c(-c2ccccc2C)c1.[Li+]. The third kappa shape index (κ3) is 10.9. The molecule has 0 heterocycles. The van der Waals surface area contributed by atoms with Gasteiger partial charge in [0.15, 0.2) is 0 Å². The summed E-state index contributed by atoms with van der Waals surface area (Å²) in [7, 11) is 0. The van der Waals surface area contributed by atoms with E-state index in [9.17, 15) is 14.7 Å². The molecule has 0 aliphatic heterocycles. The van der Waals surface area contributed by atoms with Gasteiger partial charge in [0.2, 0.25) is 0 Å². The average molecular weight is 562 g/mol. The van der Waals surface area contributed by atoms with Crippen molar-refractivity contribution in [3.8, 4) is 11.1 Å². The number of rotatable bonds is 16. The standard InChI is InChI=1S/C32H45NO5S.Li/c1-4-17-37-22-26(19-24-11-6-5-7-12-24)38-21-25-14-15-28(29(20-25)27-13-9-8-10-23(27)2)31(34)33-30(32(35)36)16-18-39-3;/h8-10,13-15,20,24,26,30H,4-7,11-12,16-19,21-22H2,1-3H3,(H,33,34)(H,35,36);/q;+1/p-1/t26-,30-;/m0./s1. The molecule has 8 heteroatoms. The number of carbonyl (C=O) groups excluding carboxylic acids is 2. The normalized spacial score (nSPS) is 15.2. The van der Waals surface area contributed by atoms with Gasteiger partial charge in [-0.25, -0.2) is 0 Å². The Bertz CT molecular complexity index is 1060. The van der Waals surface area contributed by atoms with Crippen molar-refractivity contribution in [2.75, 3.05) is 25.2 Å². The van der Waals surface area contributed by atoms with E-state index in [0.717, 1.165) is 41.7 Å².